The van der Waals surface area contributed by atoms with Crippen LogP contribution >= 0.6 is 0 Å². The van der Waals surface area contributed by atoms with Crippen LogP contribution in [-0.4, -0.2) is 5.11 Å². The molecular weight excluding hydrogens is 196 g/mol. The highest BCUT2D eigenvalue weighted by Gasteiger charge is 1.96. The number of benzene rings is 2. The van der Waals surface area contributed by atoms with Gasteiger partial charge in [0.1, 0.15) is 5.75 Å². The maximum absolute atomic E-state index is 9.35. The van der Waals surface area contributed by atoms with Gasteiger partial charge in [0.05, 0.1) is 0 Å². The third kappa shape index (κ3) is 2.86. The summed E-state index contributed by atoms with van der Waals surface area (Å²) in [4.78, 5) is 0. The molecule has 1 heteroatoms. The van der Waals surface area contributed by atoms with E-state index in [0.717, 1.165) is 12.8 Å². The molecule has 0 fully saturated rings. The Morgan fingerprint density at radius 3 is 2.25 bits per heavy atom. The summed E-state index contributed by atoms with van der Waals surface area (Å²) in [5, 5.41) is 9.35. The highest BCUT2D eigenvalue weighted by atomic mass is 16.3. The highest BCUT2D eigenvalue weighted by molar-refractivity contribution is 5.28. The predicted molar refractivity (Wildman–Crippen MR) is 66.7 cm³/mol. The molecule has 0 spiro atoms. The molecule has 0 saturated heterocycles. The summed E-state index contributed by atoms with van der Waals surface area (Å²) in [7, 11) is 0. The molecule has 0 heterocycles. The number of phenols is 1. The van der Waals surface area contributed by atoms with Crippen molar-refractivity contribution >= 4 is 0 Å². The second-order valence-electron chi connectivity index (χ2n) is 4.16. The first kappa shape index (κ1) is 10.7. The molecule has 0 unspecified atom stereocenters. The smallest absolute Gasteiger partial charge is 0.115 e. The molecule has 2 aromatic rings. The van der Waals surface area contributed by atoms with Crippen LogP contribution in [0.4, 0.5) is 0 Å². The fourth-order valence-corrected chi connectivity index (χ4v) is 1.76. The van der Waals surface area contributed by atoms with Gasteiger partial charge in [-0.05, 0) is 43.0 Å². The summed E-state index contributed by atoms with van der Waals surface area (Å²) in [5.41, 5.74) is 3.82. The number of phenolic OH excluding ortho intramolecular Hbond substituents is 1. The van der Waals surface area contributed by atoms with E-state index in [1.165, 1.54) is 16.7 Å². The zero-order valence-electron chi connectivity index (χ0n) is 9.48. The van der Waals surface area contributed by atoms with E-state index in [9.17, 15) is 5.11 Å². The van der Waals surface area contributed by atoms with Crippen LogP contribution in [-0.2, 0) is 12.8 Å². The van der Waals surface area contributed by atoms with Crippen molar-refractivity contribution in [2.75, 3.05) is 0 Å². The second-order valence-corrected chi connectivity index (χ2v) is 4.16. The normalized spacial score (nSPS) is 10.3. The van der Waals surface area contributed by atoms with Crippen molar-refractivity contribution in [3.63, 3.8) is 0 Å². The zero-order valence-corrected chi connectivity index (χ0v) is 9.48. The predicted octanol–water partition coefficient (Wildman–Crippen LogP) is 3.49. The molecule has 0 atom stereocenters. The summed E-state index contributed by atoms with van der Waals surface area (Å²) < 4.78 is 0. The molecule has 2 aromatic carbocycles. The first-order valence-electron chi connectivity index (χ1n) is 5.57. The molecule has 0 aliphatic rings. The van der Waals surface area contributed by atoms with Crippen molar-refractivity contribution in [1.29, 1.82) is 0 Å². The number of aryl methyl sites for hydroxylation is 3. The molecular formula is C15H16O. The van der Waals surface area contributed by atoms with Gasteiger partial charge < -0.3 is 5.11 Å². The van der Waals surface area contributed by atoms with Crippen LogP contribution in [0, 0.1) is 6.92 Å². The van der Waals surface area contributed by atoms with Crippen molar-refractivity contribution in [3.05, 3.63) is 65.2 Å². The molecule has 0 bridgehead atoms. The molecule has 0 amide bonds. The lowest BCUT2D eigenvalue weighted by molar-refractivity contribution is 0.474. The molecule has 16 heavy (non-hydrogen) atoms. The quantitative estimate of drug-likeness (QED) is 0.825. The Morgan fingerprint density at radius 1 is 0.875 bits per heavy atom. The standard InChI is InChI=1S/C15H16O/c1-12-5-7-13(8-6-12)9-10-14-3-2-4-15(16)11-14/h2-8,11,16H,9-10H2,1H3. The molecule has 2 rings (SSSR count). The Bertz CT molecular complexity index is 457. The van der Waals surface area contributed by atoms with Crippen LogP contribution in [0.25, 0.3) is 0 Å². The van der Waals surface area contributed by atoms with Crippen molar-refractivity contribution < 1.29 is 5.11 Å². The molecule has 0 saturated carbocycles. The Morgan fingerprint density at radius 2 is 1.56 bits per heavy atom. The highest BCUT2D eigenvalue weighted by Crippen LogP contribution is 2.13. The summed E-state index contributed by atoms with van der Waals surface area (Å²) in [5.74, 6) is 0.349. The molecule has 1 N–H and O–H groups in total. The zero-order chi connectivity index (χ0) is 11.4. The minimum Gasteiger partial charge on any atom is -0.508 e. The first-order valence-corrected chi connectivity index (χ1v) is 5.57. The summed E-state index contributed by atoms with van der Waals surface area (Å²) >= 11 is 0. The van der Waals surface area contributed by atoms with Crippen LogP contribution < -0.4 is 0 Å². The van der Waals surface area contributed by atoms with E-state index < -0.39 is 0 Å². The Labute approximate surface area is 96.4 Å². The van der Waals surface area contributed by atoms with E-state index in [0.29, 0.717) is 5.75 Å². The van der Waals surface area contributed by atoms with E-state index >= 15 is 0 Å². The van der Waals surface area contributed by atoms with Gasteiger partial charge in [0.15, 0.2) is 0 Å². The number of hydrogen-bond donors (Lipinski definition) is 1. The minimum atomic E-state index is 0.349. The third-order valence-electron chi connectivity index (χ3n) is 2.73. The lowest BCUT2D eigenvalue weighted by atomic mass is 10.0. The Balaban J connectivity index is 1.99. The molecule has 0 aromatic heterocycles. The van der Waals surface area contributed by atoms with Gasteiger partial charge >= 0.3 is 0 Å². The van der Waals surface area contributed by atoms with Crippen molar-refractivity contribution in [2.24, 2.45) is 0 Å². The topological polar surface area (TPSA) is 20.2 Å². The van der Waals surface area contributed by atoms with Crippen LogP contribution in [0.2, 0.25) is 0 Å². The SMILES string of the molecule is Cc1ccc(CCc2cccc(O)c2)cc1. The maximum atomic E-state index is 9.35. The van der Waals surface area contributed by atoms with Gasteiger partial charge in [-0.25, -0.2) is 0 Å². The van der Waals surface area contributed by atoms with Crippen molar-refractivity contribution in [1.82, 2.24) is 0 Å². The van der Waals surface area contributed by atoms with Crippen molar-refractivity contribution in [3.8, 4) is 5.75 Å². The average molecular weight is 212 g/mol. The summed E-state index contributed by atoms with van der Waals surface area (Å²) in [6, 6.07) is 16.1. The number of hydrogen-bond acceptors (Lipinski definition) is 1. The third-order valence-corrected chi connectivity index (χ3v) is 2.73. The van der Waals surface area contributed by atoms with E-state index in [1.54, 1.807) is 6.07 Å². The van der Waals surface area contributed by atoms with Crippen molar-refractivity contribution in [2.45, 2.75) is 19.8 Å². The Hall–Kier alpha value is -1.76. The molecule has 82 valence electrons. The molecule has 0 radical (unpaired) electrons. The first-order chi connectivity index (χ1) is 7.74. The number of aromatic hydroxyl groups is 1. The largest absolute Gasteiger partial charge is 0.508 e. The van der Waals surface area contributed by atoms with E-state index in [4.69, 9.17) is 0 Å². The van der Waals surface area contributed by atoms with Crippen LogP contribution in [0.5, 0.6) is 5.75 Å². The van der Waals surface area contributed by atoms with Gasteiger partial charge in [-0.3, -0.25) is 0 Å². The maximum Gasteiger partial charge on any atom is 0.115 e. The van der Waals surface area contributed by atoms with E-state index in [2.05, 4.69) is 31.2 Å². The molecule has 0 aliphatic carbocycles. The lowest BCUT2D eigenvalue weighted by Crippen LogP contribution is -1.91. The van der Waals surface area contributed by atoms with Gasteiger partial charge in [-0.1, -0.05) is 42.0 Å². The minimum absolute atomic E-state index is 0.349. The van der Waals surface area contributed by atoms with Crippen LogP contribution in [0.3, 0.4) is 0 Å². The van der Waals surface area contributed by atoms with Crippen LogP contribution in [0.15, 0.2) is 48.5 Å². The number of rotatable bonds is 3. The van der Waals surface area contributed by atoms with Gasteiger partial charge in [0.2, 0.25) is 0 Å². The summed E-state index contributed by atoms with van der Waals surface area (Å²) in [6.45, 7) is 2.10. The second kappa shape index (κ2) is 4.84. The monoisotopic (exact) mass is 212 g/mol. The lowest BCUT2D eigenvalue weighted by Gasteiger charge is -2.03. The fourth-order valence-electron chi connectivity index (χ4n) is 1.76. The van der Waals surface area contributed by atoms with Gasteiger partial charge in [-0.2, -0.15) is 0 Å². The molecule has 0 aliphatic heterocycles. The van der Waals surface area contributed by atoms with E-state index in [1.807, 2.05) is 18.2 Å². The van der Waals surface area contributed by atoms with Gasteiger partial charge in [-0.15, -0.1) is 0 Å². The van der Waals surface area contributed by atoms with Crippen LogP contribution in [0.1, 0.15) is 16.7 Å². The summed E-state index contributed by atoms with van der Waals surface area (Å²) in [6.07, 6.45) is 1.99. The Kier molecular flexibility index (Phi) is 3.25. The van der Waals surface area contributed by atoms with Gasteiger partial charge in [0.25, 0.3) is 0 Å². The average Bonchev–Trinajstić information content (AvgIpc) is 2.28. The van der Waals surface area contributed by atoms with E-state index in [-0.39, 0.29) is 0 Å². The fraction of sp³-hybridized carbons (Fsp3) is 0.200. The molecule has 1 nitrogen and oxygen atoms in total. The van der Waals surface area contributed by atoms with Gasteiger partial charge in [0, 0.05) is 0 Å².